The molecule has 3 nitrogen and oxygen atoms in total. The van der Waals surface area contributed by atoms with Crippen molar-refractivity contribution in [2.45, 2.75) is 19.8 Å². The third-order valence-electron chi connectivity index (χ3n) is 3.41. The van der Waals surface area contributed by atoms with Gasteiger partial charge in [0.2, 0.25) is 0 Å². The van der Waals surface area contributed by atoms with E-state index in [4.69, 9.17) is 0 Å². The number of carbonyl (C=O) groups is 2. The van der Waals surface area contributed by atoms with E-state index in [0.29, 0.717) is 22.6 Å². The van der Waals surface area contributed by atoms with E-state index in [1.54, 1.807) is 24.3 Å². The predicted octanol–water partition coefficient (Wildman–Crippen LogP) is 3.83. The zero-order valence-electron chi connectivity index (χ0n) is 12.4. The summed E-state index contributed by atoms with van der Waals surface area (Å²) < 4.78 is 4.63. The molecule has 0 atom stereocenters. The number of benzene rings is 2. The molecule has 0 N–H and O–H groups in total. The molecule has 0 spiro atoms. The van der Waals surface area contributed by atoms with Crippen LogP contribution in [-0.2, 0) is 4.74 Å². The van der Waals surface area contributed by atoms with Crippen LogP contribution in [0, 0.1) is 0 Å². The Bertz CT molecular complexity index is 637. The molecule has 0 aliphatic rings. The summed E-state index contributed by atoms with van der Waals surface area (Å²) in [7, 11) is 1.33. The molecule has 0 saturated carbocycles. The molecule has 2 aromatic carbocycles. The van der Waals surface area contributed by atoms with Crippen LogP contribution in [0.25, 0.3) is 0 Å². The van der Waals surface area contributed by atoms with Gasteiger partial charge in [0.1, 0.15) is 0 Å². The number of hydrogen-bond donors (Lipinski definition) is 0. The molecule has 0 heterocycles. The van der Waals surface area contributed by atoms with Crippen LogP contribution in [-0.4, -0.2) is 18.9 Å². The molecule has 2 rings (SSSR count). The largest absolute Gasteiger partial charge is 0.465 e. The van der Waals surface area contributed by atoms with E-state index in [-0.39, 0.29) is 5.78 Å². The molecule has 108 valence electrons. The van der Waals surface area contributed by atoms with Gasteiger partial charge >= 0.3 is 5.97 Å². The van der Waals surface area contributed by atoms with E-state index in [0.717, 1.165) is 0 Å². The van der Waals surface area contributed by atoms with Crippen LogP contribution in [0.3, 0.4) is 0 Å². The standard InChI is InChI=1S/C18H18O3/c1-12(2)13-4-6-14(7-5-13)17(19)15-8-10-16(11-9-15)18(20)21-3/h4-12H,1-3H3. The van der Waals surface area contributed by atoms with E-state index in [1.165, 1.54) is 12.7 Å². The lowest BCUT2D eigenvalue weighted by Gasteiger charge is -2.07. The fourth-order valence-electron chi connectivity index (χ4n) is 2.06. The Morgan fingerprint density at radius 3 is 1.67 bits per heavy atom. The molecule has 21 heavy (non-hydrogen) atoms. The number of esters is 1. The summed E-state index contributed by atoms with van der Waals surface area (Å²) >= 11 is 0. The van der Waals surface area contributed by atoms with Crippen molar-refractivity contribution >= 4 is 11.8 Å². The quantitative estimate of drug-likeness (QED) is 0.632. The van der Waals surface area contributed by atoms with Gasteiger partial charge in [0.25, 0.3) is 0 Å². The van der Waals surface area contributed by atoms with Crippen LogP contribution in [0.2, 0.25) is 0 Å². The smallest absolute Gasteiger partial charge is 0.337 e. The maximum atomic E-state index is 12.4. The predicted molar refractivity (Wildman–Crippen MR) is 81.7 cm³/mol. The average Bonchev–Trinajstić information content (AvgIpc) is 2.53. The van der Waals surface area contributed by atoms with Crippen LogP contribution in [0.5, 0.6) is 0 Å². The maximum absolute atomic E-state index is 12.4. The van der Waals surface area contributed by atoms with E-state index in [9.17, 15) is 9.59 Å². The van der Waals surface area contributed by atoms with Crippen LogP contribution >= 0.6 is 0 Å². The molecule has 0 amide bonds. The number of carbonyl (C=O) groups excluding carboxylic acids is 2. The second-order valence-electron chi connectivity index (χ2n) is 5.17. The van der Waals surface area contributed by atoms with E-state index in [2.05, 4.69) is 18.6 Å². The molecular weight excluding hydrogens is 264 g/mol. The highest BCUT2D eigenvalue weighted by Gasteiger charge is 2.11. The number of hydrogen-bond acceptors (Lipinski definition) is 3. The first-order valence-electron chi connectivity index (χ1n) is 6.86. The fraction of sp³-hybridized carbons (Fsp3) is 0.222. The van der Waals surface area contributed by atoms with Gasteiger partial charge in [-0.2, -0.15) is 0 Å². The van der Waals surface area contributed by atoms with Crippen LogP contribution in [0.15, 0.2) is 48.5 Å². The molecule has 0 aliphatic heterocycles. The molecule has 0 unspecified atom stereocenters. The second-order valence-corrected chi connectivity index (χ2v) is 5.17. The Hall–Kier alpha value is -2.42. The van der Waals surface area contributed by atoms with Crippen molar-refractivity contribution in [3.05, 3.63) is 70.8 Å². The molecule has 3 heteroatoms. The van der Waals surface area contributed by atoms with Crippen molar-refractivity contribution in [3.63, 3.8) is 0 Å². The summed E-state index contributed by atoms with van der Waals surface area (Å²) in [5, 5.41) is 0. The lowest BCUT2D eigenvalue weighted by Crippen LogP contribution is -2.04. The zero-order valence-corrected chi connectivity index (χ0v) is 12.4. The van der Waals surface area contributed by atoms with Crippen LogP contribution < -0.4 is 0 Å². The Labute approximate surface area is 124 Å². The summed E-state index contributed by atoms with van der Waals surface area (Å²) in [5.74, 6) is -0.0227. The second kappa shape index (κ2) is 6.35. The molecule has 0 fully saturated rings. The Kier molecular flexibility index (Phi) is 4.53. The van der Waals surface area contributed by atoms with Gasteiger partial charge < -0.3 is 4.74 Å². The molecule has 0 radical (unpaired) electrons. The van der Waals surface area contributed by atoms with Gasteiger partial charge in [-0.15, -0.1) is 0 Å². The molecule has 0 aliphatic carbocycles. The summed E-state index contributed by atoms with van der Waals surface area (Å²) in [6, 6.07) is 14.1. The van der Waals surface area contributed by atoms with Crippen molar-refractivity contribution in [2.24, 2.45) is 0 Å². The van der Waals surface area contributed by atoms with Gasteiger partial charge in [-0.25, -0.2) is 4.79 Å². The van der Waals surface area contributed by atoms with Gasteiger partial charge in [-0.1, -0.05) is 50.2 Å². The van der Waals surface area contributed by atoms with E-state index in [1.807, 2.05) is 24.3 Å². The summed E-state index contributed by atoms with van der Waals surface area (Å²) in [4.78, 5) is 23.7. The van der Waals surface area contributed by atoms with Gasteiger partial charge in [0, 0.05) is 11.1 Å². The zero-order chi connectivity index (χ0) is 15.4. The minimum atomic E-state index is -0.407. The lowest BCUT2D eigenvalue weighted by atomic mass is 9.97. The first-order chi connectivity index (χ1) is 10.0. The normalized spacial score (nSPS) is 10.5. The number of ketones is 1. The highest BCUT2D eigenvalue weighted by molar-refractivity contribution is 6.09. The minimum Gasteiger partial charge on any atom is -0.465 e. The third kappa shape index (κ3) is 3.37. The van der Waals surface area contributed by atoms with Crippen LogP contribution in [0.1, 0.15) is 51.6 Å². The molecular formula is C18H18O3. The Morgan fingerprint density at radius 2 is 1.24 bits per heavy atom. The van der Waals surface area contributed by atoms with Gasteiger partial charge in [-0.3, -0.25) is 4.79 Å². The summed E-state index contributed by atoms with van der Waals surface area (Å²) in [6.45, 7) is 4.23. The van der Waals surface area contributed by atoms with Crippen molar-refractivity contribution in [2.75, 3.05) is 7.11 Å². The number of ether oxygens (including phenoxy) is 1. The monoisotopic (exact) mass is 282 g/mol. The maximum Gasteiger partial charge on any atom is 0.337 e. The molecule has 0 saturated heterocycles. The lowest BCUT2D eigenvalue weighted by molar-refractivity contribution is 0.0600. The van der Waals surface area contributed by atoms with Crippen molar-refractivity contribution in [1.29, 1.82) is 0 Å². The van der Waals surface area contributed by atoms with Crippen molar-refractivity contribution in [1.82, 2.24) is 0 Å². The fourth-order valence-corrected chi connectivity index (χ4v) is 2.06. The van der Waals surface area contributed by atoms with E-state index >= 15 is 0 Å². The Balaban J connectivity index is 2.21. The highest BCUT2D eigenvalue weighted by Crippen LogP contribution is 2.17. The van der Waals surface area contributed by atoms with Crippen molar-refractivity contribution in [3.8, 4) is 0 Å². The summed E-state index contributed by atoms with van der Waals surface area (Å²) in [5.41, 5.74) is 2.84. The third-order valence-corrected chi connectivity index (χ3v) is 3.41. The minimum absolute atomic E-state index is 0.0540. The van der Waals surface area contributed by atoms with Gasteiger partial charge in [0.15, 0.2) is 5.78 Å². The first kappa shape index (κ1) is 15.0. The highest BCUT2D eigenvalue weighted by atomic mass is 16.5. The molecule has 0 aromatic heterocycles. The van der Waals surface area contributed by atoms with E-state index < -0.39 is 5.97 Å². The average molecular weight is 282 g/mol. The SMILES string of the molecule is COC(=O)c1ccc(C(=O)c2ccc(C(C)C)cc2)cc1. The van der Waals surface area contributed by atoms with Gasteiger partial charge in [-0.05, 0) is 23.6 Å². The topological polar surface area (TPSA) is 43.4 Å². The number of methoxy groups -OCH3 is 1. The van der Waals surface area contributed by atoms with Crippen molar-refractivity contribution < 1.29 is 14.3 Å². The first-order valence-corrected chi connectivity index (χ1v) is 6.86. The Morgan fingerprint density at radius 1 is 0.810 bits per heavy atom. The van der Waals surface area contributed by atoms with Gasteiger partial charge in [0.05, 0.1) is 12.7 Å². The summed E-state index contributed by atoms with van der Waals surface area (Å²) in [6.07, 6.45) is 0. The number of rotatable bonds is 4. The van der Waals surface area contributed by atoms with Crippen LogP contribution in [0.4, 0.5) is 0 Å². The molecule has 2 aromatic rings. The molecule has 0 bridgehead atoms.